The monoisotopic (exact) mass is 675 g/mol. The van der Waals surface area contributed by atoms with E-state index in [4.69, 9.17) is 9.47 Å². The van der Waals surface area contributed by atoms with E-state index in [9.17, 15) is 24.6 Å². The number of benzene rings is 1. The number of aliphatic hydroxyl groups excluding tert-OH is 2. The number of hydrogen-bond acceptors (Lipinski definition) is 7. The van der Waals surface area contributed by atoms with Crippen molar-refractivity contribution in [1.82, 2.24) is 10.2 Å². The first-order valence-electron chi connectivity index (χ1n) is 18.6. The van der Waals surface area contributed by atoms with E-state index in [1.165, 1.54) is 98.0 Å². The van der Waals surface area contributed by atoms with E-state index in [0.717, 1.165) is 24.9 Å². The van der Waals surface area contributed by atoms with E-state index in [0.29, 0.717) is 25.9 Å². The number of nitrogens with zero attached hydrogens (tertiary/aromatic N) is 2. The third kappa shape index (κ3) is 15.8. The molecule has 0 saturated carbocycles. The van der Waals surface area contributed by atoms with E-state index < -0.39 is 30.6 Å². The molecule has 1 aliphatic rings. The molecule has 1 saturated heterocycles. The number of anilines is 1. The number of methoxy groups -OCH3 is 1. The number of rotatable bonds is 25. The zero-order valence-electron chi connectivity index (χ0n) is 30.2. The average Bonchev–Trinajstić information content (AvgIpc) is 3.07. The number of amides is 3. The fourth-order valence-corrected chi connectivity index (χ4v) is 6.51. The summed E-state index contributed by atoms with van der Waals surface area (Å²) in [7, 11) is 1.40. The van der Waals surface area contributed by atoms with Crippen LogP contribution >= 0.6 is 0 Å². The molecule has 1 aromatic rings. The molecule has 0 unspecified atom stereocenters. The first-order valence-corrected chi connectivity index (χ1v) is 18.6. The minimum Gasteiger partial charge on any atom is -0.388 e. The molecule has 10 nitrogen and oxygen atoms in total. The van der Waals surface area contributed by atoms with Crippen LogP contribution < -0.4 is 10.2 Å². The zero-order chi connectivity index (χ0) is 35.1. The number of aliphatic hydroxyl groups is 2. The van der Waals surface area contributed by atoms with Gasteiger partial charge in [0.25, 0.3) is 0 Å². The number of carbonyl (C=O) groups excluding carboxylic acids is 3. The largest absolute Gasteiger partial charge is 0.388 e. The Bertz CT molecular complexity index is 1020. The van der Waals surface area contributed by atoms with Crippen LogP contribution in [0.2, 0.25) is 0 Å². The van der Waals surface area contributed by atoms with Crippen LogP contribution in [-0.2, 0) is 23.9 Å². The maximum absolute atomic E-state index is 13.5. The van der Waals surface area contributed by atoms with Crippen LogP contribution in [0.25, 0.3) is 0 Å². The summed E-state index contributed by atoms with van der Waals surface area (Å²) in [5, 5.41) is 24.4. The van der Waals surface area contributed by atoms with Crippen LogP contribution in [0.5, 0.6) is 0 Å². The Morgan fingerprint density at radius 2 is 1.31 bits per heavy atom. The molecule has 0 aromatic heterocycles. The highest BCUT2D eigenvalue weighted by atomic mass is 16.7. The molecule has 1 aromatic carbocycles. The second-order valence-electron chi connectivity index (χ2n) is 13.4. The smallest absolute Gasteiger partial charge is 0.223 e. The van der Waals surface area contributed by atoms with E-state index in [1.54, 1.807) is 9.80 Å². The Morgan fingerprint density at radius 1 is 0.771 bits per heavy atom. The van der Waals surface area contributed by atoms with Crippen molar-refractivity contribution in [3.8, 4) is 0 Å². The highest BCUT2D eigenvalue weighted by Gasteiger charge is 2.46. The molecule has 0 aliphatic carbocycles. The summed E-state index contributed by atoms with van der Waals surface area (Å²) in [6, 6.07) is 8.47. The molecule has 0 bridgehead atoms. The van der Waals surface area contributed by atoms with Crippen molar-refractivity contribution in [2.45, 2.75) is 161 Å². The van der Waals surface area contributed by atoms with Gasteiger partial charge in [0.15, 0.2) is 6.29 Å². The maximum atomic E-state index is 13.5. The van der Waals surface area contributed by atoms with Crippen molar-refractivity contribution >= 4 is 23.4 Å². The molecule has 1 aliphatic heterocycles. The van der Waals surface area contributed by atoms with E-state index in [2.05, 4.69) is 12.2 Å². The fourth-order valence-electron chi connectivity index (χ4n) is 6.51. The van der Waals surface area contributed by atoms with E-state index >= 15 is 0 Å². The molecular weight excluding hydrogens is 610 g/mol. The third-order valence-corrected chi connectivity index (χ3v) is 9.31. The van der Waals surface area contributed by atoms with Gasteiger partial charge < -0.3 is 34.8 Å². The van der Waals surface area contributed by atoms with Gasteiger partial charge in [0, 0.05) is 52.7 Å². The summed E-state index contributed by atoms with van der Waals surface area (Å²) in [6.45, 7) is 5.92. The summed E-state index contributed by atoms with van der Waals surface area (Å²) in [5.74, 6) is -0.524. The second-order valence-corrected chi connectivity index (χ2v) is 13.4. The fraction of sp³-hybridized carbons (Fsp3) is 0.763. The highest BCUT2D eigenvalue weighted by molar-refractivity contribution is 5.91. The van der Waals surface area contributed by atoms with Crippen LogP contribution in [-0.4, -0.2) is 90.2 Å². The quantitative estimate of drug-likeness (QED) is 0.107. The van der Waals surface area contributed by atoms with Crippen molar-refractivity contribution in [2.24, 2.45) is 0 Å². The second kappa shape index (κ2) is 24.6. The Labute approximate surface area is 289 Å². The number of carbonyl (C=O) groups is 3. The first kappa shape index (κ1) is 41.6. The Balaban J connectivity index is 1.85. The SMILES string of the molecule is CCCCCCCCCCCCCCCCCC(=O)N(CCCN(C(C)=O)c1ccccc1)C[C@H]1O[C@H](OC)[C@H](NC(C)=O)[C@@H](O)[C@@H]1O. The molecule has 1 heterocycles. The highest BCUT2D eigenvalue weighted by Crippen LogP contribution is 2.24. The van der Waals surface area contributed by atoms with Gasteiger partial charge in [0.2, 0.25) is 17.7 Å². The standard InChI is InChI=1S/C38H65N3O7/c1-5-6-7-8-9-10-11-12-13-14-15-16-17-18-22-26-34(44)40(27-23-28-41(31(3)43)32-24-20-19-21-25-32)29-33-36(45)37(46)35(39-30(2)42)38(47-4)48-33/h19-21,24-25,33,35-38,45-46H,5-18,22-23,26-29H2,1-4H3,(H,39,42)/t33-,35-,36-,37-,38+/m1/s1. The van der Waals surface area contributed by atoms with E-state index in [1.807, 2.05) is 30.3 Å². The molecule has 48 heavy (non-hydrogen) atoms. The molecule has 10 heteroatoms. The number of hydrogen-bond donors (Lipinski definition) is 3. The number of nitrogens with one attached hydrogen (secondary N) is 1. The summed E-state index contributed by atoms with van der Waals surface area (Å²) in [6.07, 6.45) is 15.1. The summed E-state index contributed by atoms with van der Waals surface area (Å²) in [4.78, 5) is 41.0. The van der Waals surface area contributed by atoms with Crippen LogP contribution in [0.1, 0.15) is 130 Å². The topological polar surface area (TPSA) is 129 Å². The van der Waals surface area contributed by atoms with Crippen LogP contribution in [0, 0.1) is 0 Å². The van der Waals surface area contributed by atoms with Crippen molar-refractivity contribution in [2.75, 3.05) is 31.6 Å². The van der Waals surface area contributed by atoms with Gasteiger partial charge in [-0.2, -0.15) is 0 Å². The van der Waals surface area contributed by atoms with Gasteiger partial charge in [-0.3, -0.25) is 14.4 Å². The molecule has 5 atom stereocenters. The van der Waals surface area contributed by atoms with Gasteiger partial charge in [-0.15, -0.1) is 0 Å². The molecule has 0 spiro atoms. The van der Waals surface area contributed by atoms with Crippen molar-refractivity contribution in [3.63, 3.8) is 0 Å². The van der Waals surface area contributed by atoms with Gasteiger partial charge in [0.1, 0.15) is 24.4 Å². The van der Waals surface area contributed by atoms with Gasteiger partial charge >= 0.3 is 0 Å². The molecule has 3 amide bonds. The molecule has 2 rings (SSSR count). The predicted molar refractivity (Wildman–Crippen MR) is 191 cm³/mol. The van der Waals surface area contributed by atoms with Gasteiger partial charge in [-0.05, 0) is 25.0 Å². The molecule has 274 valence electrons. The lowest BCUT2D eigenvalue weighted by atomic mass is 9.96. The molecule has 1 fully saturated rings. The Kier molecular flexibility index (Phi) is 21.3. The summed E-state index contributed by atoms with van der Waals surface area (Å²) >= 11 is 0. The maximum Gasteiger partial charge on any atom is 0.223 e. The lowest BCUT2D eigenvalue weighted by molar-refractivity contribution is -0.258. The Hall–Kier alpha value is -2.53. The normalized spacial score (nSPS) is 20.8. The number of ether oxygens (including phenoxy) is 2. The lowest BCUT2D eigenvalue weighted by Crippen LogP contribution is -2.65. The third-order valence-electron chi connectivity index (χ3n) is 9.31. The van der Waals surface area contributed by atoms with Crippen LogP contribution in [0.4, 0.5) is 5.69 Å². The molecular formula is C38H65N3O7. The molecule has 0 radical (unpaired) electrons. The summed E-state index contributed by atoms with van der Waals surface area (Å²) in [5.41, 5.74) is 0.793. The lowest BCUT2D eigenvalue weighted by Gasteiger charge is -2.43. The number of para-hydroxylation sites is 1. The van der Waals surface area contributed by atoms with Crippen LogP contribution in [0.15, 0.2) is 30.3 Å². The Morgan fingerprint density at radius 3 is 1.81 bits per heavy atom. The molecule has 3 N–H and O–H groups in total. The first-order chi connectivity index (χ1) is 23.2. The summed E-state index contributed by atoms with van der Waals surface area (Å²) < 4.78 is 11.4. The van der Waals surface area contributed by atoms with E-state index in [-0.39, 0.29) is 24.3 Å². The van der Waals surface area contributed by atoms with Gasteiger partial charge in [-0.1, -0.05) is 115 Å². The van der Waals surface area contributed by atoms with Crippen molar-refractivity contribution in [1.29, 1.82) is 0 Å². The minimum atomic E-state index is -1.34. The minimum absolute atomic E-state index is 0.0495. The van der Waals surface area contributed by atoms with Crippen molar-refractivity contribution in [3.05, 3.63) is 30.3 Å². The zero-order valence-corrected chi connectivity index (χ0v) is 30.2. The predicted octanol–water partition coefficient (Wildman–Crippen LogP) is 6.12. The van der Waals surface area contributed by atoms with Crippen molar-refractivity contribution < 1.29 is 34.1 Å². The number of unbranched alkanes of at least 4 members (excludes halogenated alkanes) is 14. The van der Waals surface area contributed by atoms with Gasteiger partial charge in [0.05, 0.1) is 0 Å². The van der Waals surface area contributed by atoms with Gasteiger partial charge in [-0.25, -0.2) is 0 Å². The van der Waals surface area contributed by atoms with Crippen LogP contribution in [0.3, 0.4) is 0 Å². The average molecular weight is 676 g/mol.